The molecule has 0 heterocycles. The first-order valence-electron chi connectivity index (χ1n) is 8.14. The van der Waals surface area contributed by atoms with Gasteiger partial charge < -0.3 is 9.66 Å². The predicted octanol–water partition coefficient (Wildman–Crippen LogP) is -2.59. The van der Waals surface area contributed by atoms with Crippen LogP contribution in [0.1, 0.15) is 0 Å². The number of benzene rings is 3. The average molecular weight is 471 g/mol. The van der Waals surface area contributed by atoms with Gasteiger partial charge in [-0.05, 0) is 48.5 Å². The van der Waals surface area contributed by atoms with Crippen LogP contribution in [0.15, 0.2) is 79.3 Å². The van der Waals surface area contributed by atoms with Crippen molar-refractivity contribution in [2.45, 2.75) is 4.90 Å². The van der Waals surface area contributed by atoms with Crippen molar-refractivity contribution >= 4 is 33.1 Å². The Labute approximate surface area is 202 Å². The first-order valence-corrected chi connectivity index (χ1v) is 9.93. The molecule has 3 aromatic carbocycles. The Balaban J connectivity index is 0.00000341. The first kappa shape index (κ1) is 24.7. The summed E-state index contributed by atoms with van der Waals surface area (Å²) in [5, 5.41) is 17.1. The van der Waals surface area contributed by atoms with Crippen molar-refractivity contribution in [3.63, 3.8) is 0 Å². The summed E-state index contributed by atoms with van der Waals surface area (Å²) in [6.07, 6.45) is 0. The predicted molar refractivity (Wildman–Crippen MR) is 107 cm³/mol. The molecular formula is C18H12ClN4NaO6S. The standard InChI is InChI=1S/C18H13ClN4O6S.Na/c19-10-1-6-13(16(25)9-10)21-22-14-7-8-15(24)17(18(14)26)23-20-11-2-4-12(5-3-11)30(27,28)29;/h1-9,20-21,25H,(H,27,28,29);/q;+1/p-1/b22-14+,23-17-;. The van der Waals surface area contributed by atoms with Gasteiger partial charge in [0.2, 0.25) is 10.9 Å². The minimum Gasteiger partial charge on any atom is -0.744 e. The molecule has 0 bridgehead atoms. The fourth-order valence-electron chi connectivity index (χ4n) is 2.27. The normalized spacial score (nSPS) is 12.3. The van der Waals surface area contributed by atoms with Gasteiger partial charge in [0.25, 0.3) is 0 Å². The maximum atomic E-state index is 12.5. The van der Waals surface area contributed by atoms with Crippen LogP contribution in [0.4, 0.5) is 11.4 Å². The topological polar surface area (TPSA) is 160 Å². The molecule has 0 spiro atoms. The number of rotatable bonds is 5. The smallest absolute Gasteiger partial charge is 0.744 e. The average Bonchev–Trinajstić information content (AvgIpc) is 2.68. The van der Waals surface area contributed by atoms with Crippen LogP contribution in [0.5, 0.6) is 5.75 Å². The molecule has 0 fully saturated rings. The number of hydrogen-bond acceptors (Lipinski definition) is 10. The molecule has 13 heteroatoms. The van der Waals surface area contributed by atoms with Crippen LogP contribution in [-0.4, -0.2) is 18.1 Å². The molecule has 0 aliphatic heterocycles. The summed E-state index contributed by atoms with van der Waals surface area (Å²) in [5.74, 6) is -0.186. The zero-order valence-corrected chi connectivity index (χ0v) is 19.4. The summed E-state index contributed by atoms with van der Waals surface area (Å²) >= 11 is 5.75. The fraction of sp³-hybridized carbons (Fsp3) is 0. The summed E-state index contributed by atoms with van der Waals surface area (Å²) in [6.45, 7) is 0. The van der Waals surface area contributed by atoms with Gasteiger partial charge in [0.1, 0.15) is 21.2 Å². The zero-order valence-electron chi connectivity index (χ0n) is 15.9. The molecule has 0 amide bonds. The molecule has 0 aromatic heterocycles. The van der Waals surface area contributed by atoms with E-state index in [0.717, 1.165) is 18.2 Å². The van der Waals surface area contributed by atoms with Gasteiger partial charge in [-0.3, -0.25) is 20.4 Å². The Bertz CT molecular complexity index is 1440. The molecule has 10 nitrogen and oxygen atoms in total. The summed E-state index contributed by atoms with van der Waals surface area (Å²) < 4.78 is 32.8. The molecule has 0 radical (unpaired) electrons. The van der Waals surface area contributed by atoms with E-state index in [9.17, 15) is 27.7 Å². The van der Waals surface area contributed by atoms with E-state index in [1.807, 2.05) is 0 Å². The van der Waals surface area contributed by atoms with Gasteiger partial charge in [-0.25, -0.2) is 8.42 Å². The third-order valence-corrected chi connectivity index (χ3v) is 4.85. The Kier molecular flexibility index (Phi) is 8.12. The van der Waals surface area contributed by atoms with Gasteiger partial charge in [0, 0.05) is 11.1 Å². The largest absolute Gasteiger partial charge is 1.00 e. The quantitative estimate of drug-likeness (QED) is 0.158. The second-order valence-electron chi connectivity index (χ2n) is 5.85. The van der Waals surface area contributed by atoms with Gasteiger partial charge in [-0.1, -0.05) is 11.6 Å². The van der Waals surface area contributed by atoms with Gasteiger partial charge in [0.15, 0.2) is 5.36 Å². The van der Waals surface area contributed by atoms with E-state index in [1.165, 1.54) is 36.4 Å². The maximum absolute atomic E-state index is 12.5. The number of phenols is 1. The minimum absolute atomic E-state index is 0. The summed E-state index contributed by atoms with van der Waals surface area (Å²) in [5.41, 5.74) is 3.94. The van der Waals surface area contributed by atoms with Crippen LogP contribution in [-0.2, 0) is 10.1 Å². The Morgan fingerprint density at radius 1 is 0.935 bits per heavy atom. The third kappa shape index (κ3) is 6.23. The molecule has 0 unspecified atom stereocenters. The SMILES string of the molecule is O=c1cc/c(=N\Nc2ccc(Cl)cc2O)c(=O)/c1=N\Nc1ccc(S(=O)(=O)[O-])cc1.[Na+]. The number of phenolic OH excluding ortho intramolecular Hbond substituents is 1. The molecule has 0 aliphatic carbocycles. The number of nitrogens with zero attached hydrogens (tertiary/aromatic N) is 2. The molecular weight excluding hydrogens is 459 g/mol. The monoisotopic (exact) mass is 470 g/mol. The molecule has 3 rings (SSSR count). The van der Waals surface area contributed by atoms with Crippen LogP contribution >= 0.6 is 11.6 Å². The van der Waals surface area contributed by atoms with Crippen molar-refractivity contribution in [3.8, 4) is 5.75 Å². The zero-order chi connectivity index (χ0) is 21.9. The first-order chi connectivity index (χ1) is 14.1. The van der Waals surface area contributed by atoms with Crippen LogP contribution in [0.25, 0.3) is 0 Å². The summed E-state index contributed by atoms with van der Waals surface area (Å²) in [7, 11) is -4.59. The molecule has 3 aromatic rings. The third-order valence-electron chi connectivity index (χ3n) is 3.77. The number of aromatic hydroxyl groups is 1. The number of halogens is 1. The Hall–Kier alpha value is -2.54. The van der Waals surface area contributed by atoms with Crippen LogP contribution in [0.2, 0.25) is 5.02 Å². The molecule has 0 aliphatic rings. The second kappa shape index (κ2) is 10.2. The number of hydrogen-bond donors (Lipinski definition) is 3. The molecule has 0 atom stereocenters. The molecule has 154 valence electrons. The minimum atomic E-state index is -4.59. The van der Waals surface area contributed by atoms with E-state index in [1.54, 1.807) is 0 Å². The summed E-state index contributed by atoms with van der Waals surface area (Å²) in [6, 6.07) is 11.2. The molecule has 0 saturated heterocycles. The van der Waals surface area contributed by atoms with Crippen molar-refractivity contribution in [3.05, 3.63) is 90.8 Å². The summed E-state index contributed by atoms with van der Waals surface area (Å²) in [4.78, 5) is 24.0. The van der Waals surface area contributed by atoms with Crippen molar-refractivity contribution in [1.82, 2.24) is 0 Å². The van der Waals surface area contributed by atoms with Crippen molar-refractivity contribution in [2.24, 2.45) is 10.2 Å². The van der Waals surface area contributed by atoms with E-state index in [2.05, 4.69) is 21.1 Å². The van der Waals surface area contributed by atoms with E-state index in [-0.39, 0.29) is 52.0 Å². The fourth-order valence-corrected chi connectivity index (χ4v) is 2.91. The van der Waals surface area contributed by atoms with Crippen molar-refractivity contribution in [1.29, 1.82) is 0 Å². The molecule has 3 N–H and O–H groups in total. The van der Waals surface area contributed by atoms with Crippen LogP contribution < -0.4 is 62.0 Å². The van der Waals surface area contributed by atoms with Gasteiger partial charge in [0.05, 0.1) is 16.3 Å². The van der Waals surface area contributed by atoms with Gasteiger partial charge in [-0.2, -0.15) is 10.2 Å². The second-order valence-corrected chi connectivity index (χ2v) is 7.66. The van der Waals surface area contributed by atoms with E-state index >= 15 is 0 Å². The van der Waals surface area contributed by atoms with E-state index < -0.39 is 31.2 Å². The Morgan fingerprint density at radius 3 is 2.23 bits per heavy atom. The van der Waals surface area contributed by atoms with Crippen molar-refractivity contribution < 1.29 is 47.6 Å². The number of nitrogens with one attached hydrogen (secondary N) is 2. The number of anilines is 2. The van der Waals surface area contributed by atoms with Gasteiger partial charge >= 0.3 is 29.6 Å². The van der Waals surface area contributed by atoms with E-state index in [4.69, 9.17) is 11.6 Å². The Morgan fingerprint density at radius 2 is 1.61 bits per heavy atom. The molecule has 0 saturated carbocycles. The van der Waals surface area contributed by atoms with Gasteiger partial charge in [-0.15, -0.1) is 0 Å². The molecule has 31 heavy (non-hydrogen) atoms. The van der Waals surface area contributed by atoms with Crippen molar-refractivity contribution in [2.75, 3.05) is 10.9 Å². The van der Waals surface area contributed by atoms with E-state index in [0.29, 0.717) is 5.02 Å². The van der Waals surface area contributed by atoms with Crippen LogP contribution in [0, 0.1) is 0 Å². The van der Waals surface area contributed by atoms with Crippen LogP contribution in [0.3, 0.4) is 0 Å². The maximum Gasteiger partial charge on any atom is 1.00 e.